The quantitative estimate of drug-likeness (QED) is 0.853. The van der Waals surface area contributed by atoms with E-state index in [4.69, 9.17) is 12.2 Å². The first-order valence-electron chi connectivity index (χ1n) is 6.17. The molecule has 0 aliphatic heterocycles. The van der Waals surface area contributed by atoms with E-state index in [0.29, 0.717) is 0 Å². The first-order valence-corrected chi connectivity index (χ1v) is 7.46. The molecule has 100 valence electrons. The maximum Gasteiger partial charge on any atom is 0.173 e. The Kier molecular flexibility index (Phi) is 4.56. The number of rotatable bonds is 3. The van der Waals surface area contributed by atoms with E-state index in [-0.39, 0.29) is 0 Å². The smallest absolute Gasteiger partial charge is 0.173 e. The van der Waals surface area contributed by atoms with Crippen LogP contribution in [0.2, 0.25) is 0 Å². The largest absolute Gasteiger partial charge is 0.347 e. The lowest BCUT2D eigenvalue weighted by atomic mass is 10.1. The molecule has 2 rings (SSSR count). The monoisotopic (exact) mass is 290 g/mol. The van der Waals surface area contributed by atoms with E-state index in [2.05, 4.69) is 59.8 Å². The summed E-state index contributed by atoms with van der Waals surface area (Å²) < 4.78 is 0. The molecule has 4 heteroatoms. The van der Waals surface area contributed by atoms with Crippen molar-refractivity contribution in [1.29, 1.82) is 0 Å². The highest BCUT2D eigenvalue weighted by Gasteiger charge is 2.06. The zero-order chi connectivity index (χ0) is 13.8. The van der Waals surface area contributed by atoms with Crippen molar-refractivity contribution in [2.75, 3.05) is 12.4 Å². The minimum absolute atomic E-state index is 0.749. The number of aryl methyl sites for hydroxylation is 2. The van der Waals surface area contributed by atoms with E-state index in [9.17, 15) is 0 Å². The molecule has 0 fully saturated rings. The van der Waals surface area contributed by atoms with Crippen LogP contribution in [0.1, 0.15) is 16.0 Å². The fourth-order valence-electron chi connectivity index (χ4n) is 1.97. The molecule has 1 aromatic carbocycles. The first kappa shape index (κ1) is 14.0. The lowest BCUT2D eigenvalue weighted by Gasteiger charge is -2.20. The van der Waals surface area contributed by atoms with Gasteiger partial charge in [-0.1, -0.05) is 12.1 Å². The normalized spacial score (nSPS) is 10.3. The summed E-state index contributed by atoms with van der Waals surface area (Å²) in [6.07, 6.45) is 0. The van der Waals surface area contributed by atoms with Gasteiger partial charge in [-0.15, -0.1) is 11.3 Å². The van der Waals surface area contributed by atoms with Gasteiger partial charge in [0.05, 0.1) is 6.54 Å². The predicted octanol–water partition coefficient (Wildman–Crippen LogP) is 4.19. The van der Waals surface area contributed by atoms with Crippen molar-refractivity contribution < 1.29 is 0 Å². The topological polar surface area (TPSA) is 15.3 Å². The summed E-state index contributed by atoms with van der Waals surface area (Å²) in [5.41, 5.74) is 3.54. The third-order valence-corrected chi connectivity index (χ3v) is 4.07. The van der Waals surface area contributed by atoms with Crippen molar-refractivity contribution in [1.82, 2.24) is 4.90 Å². The second-order valence-electron chi connectivity index (χ2n) is 4.74. The molecule has 0 spiro atoms. The molecule has 19 heavy (non-hydrogen) atoms. The molecule has 1 N–H and O–H groups in total. The highest BCUT2D eigenvalue weighted by Crippen LogP contribution is 2.15. The molecule has 0 bridgehead atoms. The van der Waals surface area contributed by atoms with Crippen LogP contribution in [-0.2, 0) is 6.54 Å². The Morgan fingerprint density at radius 3 is 2.53 bits per heavy atom. The number of thiocarbonyl (C=S) groups is 1. The van der Waals surface area contributed by atoms with E-state index < -0.39 is 0 Å². The van der Waals surface area contributed by atoms with Gasteiger partial charge >= 0.3 is 0 Å². The van der Waals surface area contributed by atoms with Crippen molar-refractivity contribution >= 4 is 34.4 Å². The average Bonchev–Trinajstić information content (AvgIpc) is 2.80. The lowest BCUT2D eigenvalue weighted by molar-refractivity contribution is 0.514. The Bertz CT molecular complexity index is 541. The van der Waals surface area contributed by atoms with Gasteiger partial charge in [0.2, 0.25) is 0 Å². The summed E-state index contributed by atoms with van der Waals surface area (Å²) in [6, 6.07) is 10.6. The number of anilines is 1. The minimum Gasteiger partial charge on any atom is -0.347 e. The molecule has 2 aromatic rings. The van der Waals surface area contributed by atoms with E-state index in [0.717, 1.165) is 17.3 Å². The predicted molar refractivity (Wildman–Crippen MR) is 87.9 cm³/mol. The van der Waals surface area contributed by atoms with Crippen molar-refractivity contribution in [2.45, 2.75) is 20.4 Å². The van der Waals surface area contributed by atoms with Gasteiger partial charge in [-0.3, -0.25) is 0 Å². The molecule has 2 nitrogen and oxygen atoms in total. The molecule has 0 saturated heterocycles. The van der Waals surface area contributed by atoms with Crippen LogP contribution < -0.4 is 5.32 Å². The van der Waals surface area contributed by atoms with Crippen LogP contribution in [0.4, 0.5) is 5.69 Å². The van der Waals surface area contributed by atoms with Crippen molar-refractivity contribution in [3.8, 4) is 0 Å². The summed E-state index contributed by atoms with van der Waals surface area (Å²) in [5.74, 6) is 0. The average molecular weight is 290 g/mol. The number of hydrogen-bond donors (Lipinski definition) is 1. The SMILES string of the molecule is Cc1cc(C)cc(NC(=S)N(C)Cc2cccs2)c1. The zero-order valence-corrected chi connectivity index (χ0v) is 13.1. The molecule has 0 radical (unpaired) electrons. The fraction of sp³-hybridized carbons (Fsp3) is 0.267. The van der Waals surface area contributed by atoms with Gasteiger partial charge in [-0.2, -0.15) is 0 Å². The lowest BCUT2D eigenvalue weighted by Crippen LogP contribution is -2.30. The highest BCUT2D eigenvalue weighted by atomic mass is 32.1. The van der Waals surface area contributed by atoms with E-state index >= 15 is 0 Å². The van der Waals surface area contributed by atoms with Gasteiger partial charge in [0, 0.05) is 17.6 Å². The van der Waals surface area contributed by atoms with Crippen LogP contribution in [0, 0.1) is 13.8 Å². The Balaban J connectivity index is 2.00. The summed E-state index contributed by atoms with van der Waals surface area (Å²) in [5, 5.41) is 6.13. The molecule has 0 aliphatic rings. The number of hydrogen-bond acceptors (Lipinski definition) is 2. The molecule has 0 aliphatic carbocycles. The Labute approximate surface area is 124 Å². The summed E-state index contributed by atoms with van der Waals surface area (Å²) in [4.78, 5) is 3.37. The highest BCUT2D eigenvalue weighted by molar-refractivity contribution is 7.80. The van der Waals surface area contributed by atoms with Crippen LogP contribution in [0.5, 0.6) is 0 Å². The Morgan fingerprint density at radius 1 is 1.26 bits per heavy atom. The standard InChI is InChI=1S/C15H18N2S2/c1-11-7-12(2)9-13(8-11)16-15(18)17(3)10-14-5-4-6-19-14/h4-9H,10H2,1-3H3,(H,16,18). The van der Waals surface area contributed by atoms with Gasteiger partial charge in [0.15, 0.2) is 5.11 Å². The van der Waals surface area contributed by atoms with Crippen molar-refractivity contribution in [3.63, 3.8) is 0 Å². The summed E-state index contributed by atoms with van der Waals surface area (Å²) in [7, 11) is 2.01. The fourth-order valence-corrected chi connectivity index (χ4v) is 2.91. The van der Waals surface area contributed by atoms with E-state index in [1.54, 1.807) is 11.3 Å². The maximum atomic E-state index is 5.44. The molecule has 1 aromatic heterocycles. The number of benzene rings is 1. The maximum absolute atomic E-state index is 5.44. The molecular formula is C15H18N2S2. The molecule has 0 amide bonds. The van der Waals surface area contributed by atoms with Crippen LogP contribution in [0.25, 0.3) is 0 Å². The first-order chi connectivity index (χ1) is 9.04. The molecule has 0 unspecified atom stereocenters. The van der Waals surface area contributed by atoms with E-state index in [1.165, 1.54) is 16.0 Å². The molecule has 0 saturated carbocycles. The Morgan fingerprint density at radius 2 is 1.95 bits per heavy atom. The molecular weight excluding hydrogens is 272 g/mol. The summed E-state index contributed by atoms with van der Waals surface area (Å²) in [6.45, 7) is 5.03. The van der Waals surface area contributed by atoms with Gasteiger partial charge in [0.25, 0.3) is 0 Å². The van der Waals surface area contributed by atoms with Gasteiger partial charge in [-0.05, 0) is 60.8 Å². The van der Waals surface area contributed by atoms with Gasteiger partial charge in [0.1, 0.15) is 0 Å². The van der Waals surface area contributed by atoms with Crippen LogP contribution in [-0.4, -0.2) is 17.1 Å². The van der Waals surface area contributed by atoms with Crippen LogP contribution in [0.3, 0.4) is 0 Å². The van der Waals surface area contributed by atoms with Gasteiger partial charge < -0.3 is 10.2 Å². The van der Waals surface area contributed by atoms with Crippen molar-refractivity contribution in [3.05, 3.63) is 51.7 Å². The van der Waals surface area contributed by atoms with Crippen molar-refractivity contribution in [2.24, 2.45) is 0 Å². The number of nitrogens with one attached hydrogen (secondary N) is 1. The number of thiophene rings is 1. The molecule has 0 atom stereocenters. The van der Waals surface area contributed by atoms with Crippen LogP contribution in [0.15, 0.2) is 35.7 Å². The Hall–Kier alpha value is -1.39. The number of nitrogens with zero attached hydrogens (tertiary/aromatic N) is 1. The third kappa shape index (κ3) is 4.04. The summed E-state index contributed by atoms with van der Waals surface area (Å²) >= 11 is 7.19. The second-order valence-corrected chi connectivity index (χ2v) is 6.16. The minimum atomic E-state index is 0.749. The molecule has 1 heterocycles. The second kappa shape index (κ2) is 6.17. The third-order valence-electron chi connectivity index (χ3n) is 2.79. The van der Waals surface area contributed by atoms with Gasteiger partial charge in [-0.25, -0.2) is 0 Å². The van der Waals surface area contributed by atoms with Crippen LogP contribution >= 0.6 is 23.6 Å². The zero-order valence-electron chi connectivity index (χ0n) is 11.4. The van der Waals surface area contributed by atoms with E-state index in [1.807, 2.05) is 7.05 Å².